The number of H-pyrrole nitrogens is 1. The average molecular weight is 433 g/mol. The zero-order valence-corrected chi connectivity index (χ0v) is 16.7. The van der Waals surface area contributed by atoms with Gasteiger partial charge < -0.3 is 0 Å². The largest absolute Gasteiger partial charge is 0.289 e. The number of fused-ring (bicyclic) bond motifs is 1. The Morgan fingerprint density at radius 1 is 1.00 bits per heavy atom. The minimum Gasteiger partial charge on any atom is -0.272 e. The second-order valence-electron chi connectivity index (χ2n) is 6.37. The van der Waals surface area contributed by atoms with Gasteiger partial charge >= 0.3 is 0 Å². The normalized spacial score (nSPS) is 11.6. The van der Waals surface area contributed by atoms with Crippen LogP contribution in [0, 0.1) is 0 Å². The van der Waals surface area contributed by atoms with E-state index in [-0.39, 0.29) is 5.91 Å². The summed E-state index contributed by atoms with van der Waals surface area (Å²) in [7, 11) is 0. The van der Waals surface area contributed by atoms with Crippen LogP contribution in [0.4, 0.5) is 0 Å². The fraction of sp³-hybridized carbons (Fsp3) is 0.0455. The zero-order chi connectivity index (χ0) is 19.5. The Kier molecular flexibility index (Phi) is 5.04. The summed E-state index contributed by atoms with van der Waals surface area (Å²) in [6.45, 7) is 1.87. The van der Waals surface area contributed by atoms with E-state index < -0.39 is 0 Å². The van der Waals surface area contributed by atoms with Gasteiger partial charge in [0.2, 0.25) is 0 Å². The van der Waals surface area contributed by atoms with E-state index in [2.05, 4.69) is 54.9 Å². The van der Waals surface area contributed by atoms with Crippen LogP contribution in [0.3, 0.4) is 0 Å². The van der Waals surface area contributed by atoms with Crippen molar-refractivity contribution in [2.45, 2.75) is 6.92 Å². The lowest BCUT2D eigenvalue weighted by molar-refractivity contribution is 0.0950. The van der Waals surface area contributed by atoms with E-state index in [9.17, 15) is 4.79 Å². The molecule has 4 rings (SSSR count). The van der Waals surface area contributed by atoms with E-state index >= 15 is 0 Å². The van der Waals surface area contributed by atoms with Crippen LogP contribution < -0.4 is 5.43 Å². The van der Waals surface area contributed by atoms with Crippen LogP contribution in [0.5, 0.6) is 0 Å². The molecule has 0 aliphatic carbocycles. The molecule has 1 amide bonds. The molecule has 28 heavy (non-hydrogen) atoms. The Bertz CT molecular complexity index is 1180. The summed E-state index contributed by atoms with van der Waals surface area (Å²) in [4.78, 5) is 12.4. The maximum atomic E-state index is 12.4. The maximum absolute atomic E-state index is 12.4. The van der Waals surface area contributed by atoms with Crippen molar-refractivity contribution in [3.63, 3.8) is 0 Å². The summed E-state index contributed by atoms with van der Waals surface area (Å²) < 4.78 is 0.989. The lowest BCUT2D eigenvalue weighted by Gasteiger charge is -2.04. The Hall–Kier alpha value is -3.25. The van der Waals surface area contributed by atoms with Crippen molar-refractivity contribution in [3.8, 4) is 11.3 Å². The molecule has 0 atom stereocenters. The zero-order valence-electron chi connectivity index (χ0n) is 15.1. The third-order valence-electron chi connectivity index (χ3n) is 4.45. The minimum absolute atomic E-state index is 0.337. The number of amides is 1. The summed E-state index contributed by atoms with van der Waals surface area (Å²) >= 11 is 3.41. The van der Waals surface area contributed by atoms with Crippen LogP contribution in [0.15, 0.2) is 82.4 Å². The molecule has 0 saturated heterocycles. The van der Waals surface area contributed by atoms with Crippen molar-refractivity contribution in [2.24, 2.45) is 5.10 Å². The molecule has 0 radical (unpaired) electrons. The highest BCUT2D eigenvalue weighted by molar-refractivity contribution is 9.10. The molecule has 0 spiro atoms. The van der Waals surface area contributed by atoms with Gasteiger partial charge in [-0.05, 0) is 47.5 Å². The van der Waals surface area contributed by atoms with Crippen molar-refractivity contribution >= 4 is 38.3 Å². The number of halogens is 1. The molecule has 4 aromatic rings. The first-order valence-electron chi connectivity index (χ1n) is 8.75. The van der Waals surface area contributed by atoms with Crippen LogP contribution >= 0.6 is 15.9 Å². The summed E-state index contributed by atoms with van der Waals surface area (Å²) in [5.74, 6) is -0.337. The van der Waals surface area contributed by atoms with Crippen molar-refractivity contribution in [2.75, 3.05) is 0 Å². The van der Waals surface area contributed by atoms with Crippen LogP contribution in [0.1, 0.15) is 23.0 Å². The fourth-order valence-corrected chi connectivity index (χ4v) is 3.14. The van der Waals surface area contributed by atoms with Gasteiger partial charge in [0, 0.05) is 10.0 Å². The molecule has 0 aliphatic heterocycles. The highest BCUT2D eigenvalue weighted by Gasteiger charge is 2.11. The quantitative estimate of drug-likeness (QED) is 0.345. The van der Waals surface area contributed by atoms with E-state index in [1.54, 1.807) is 6.07 Å². The summed E-state index contributed by atoms with van der Waals surface area (Å²) in [5, 5.41) is 13.5. The monoisotopic (exact) mass is 432 g/mol. The van der Waals surface area contributed by atoms with E-state index in [0.29, 0.717) is 11.4 Å². The number of carbonyl (C=O) groups is 1. The molecule has 6 heteroatoms. The second-order valence-corrected chi connectivity index (χ2v) is 7.29. The number of nitrogens with one attached hydrogen (secondary N) is 2. The predicted molar refractivity (Wildman–Crippen MR) is 115 cm³/mol. The predicted octanol–water partition coefficient (Wildman–Crippen LogP) is 5.15. The Balaban J connectivity index is 1.49. The van der Waals surface area contributed by atoms with Gasteiger partial charge in [0.25, 0.3) is 5.91 Å². The third-order valence-corrected chi connectivity index (χ3v) is 4.98. The Labute approximate surface area is 170 Å². The van der Waals surface area contributed by atoms with Gasteiger partial charge in [-0.2, -0.15) is 10.2 Å². The Morgan fingerprint density at radius 3 is 2.54 bits per heavy atom. The second kappa shape index (κ2) is 7.78. The molecule has 0 unspecified atom stereocenters. The number of aromatic nitrogens is 2. The molecule has 2 N–H and O–H groups in total. The highest BCUT2D eigenvalue weighted by Crippen LogP contribution is 2.20. The van der Waals surface area contributed by atoms with Crippen LogP contribution in [0.2, 0.25) is 0 Å². The molecular weight excluding hydrogens is 416 g/mol. The van der Waals surface area contributed by atoms with Gasteiger partial charge in [0.05, 0.1) is 11.4 Å². The number of nitrogens with zero attached hydrogens (tertiary/aromatic N) is 2. The lowest BCUT2D eigenvalue weighted by Crippen LogP contribution is -2.19. The summed E-state index contributed by atoms with van der Waals surface area (Å²) in [6, 6.07) is 23.7. The number of benzene rings is 3. The number of hydrogen-bond acceptors (Lipinski definition) is 3. The number of hydrazone groups is 1. The van der Waals surface area contributed by atoms with E-state index in [4.69, 9.17) is 0 Å². The first-order chi connectivity index (χ1) is 13.6. The van der Waals surface area contributed by atoms with Gasteiger partial charge in [0.1, 0.15) is 5.69 Å². The van der Waals surface area contributed by atoms with Crippen molar-refractivity contribution in [3.05, 3.63) is 88.5 Å². The molecule has 5 nitrogen and oxygen atoms in total. The fourth-order valence-electron chi connectivity index (χ4n) is 2.88. The number of aromatic amines is 1. The van der Waals surface area contributed by atoms with E-state index in [0.717, 1.165) is 26.7 Å². The summed E-state index contributed by atoms with van der Waals surface area (Å²) in [6.07, 6.45) is 0. The molecule has 0 bridgehead atoms. The van der Waals surface area contributed by atoms with E-state index in [1.165, 1.54) is 5.39 Å². The van der Waals surface area contributed by atoms with Gasteiger partial charge in [-0.3, -0.25) is 9.89 Å². The third kappa shape index (κ3) is 3.87. The van der Waals surface area contributed by atoms with Crippen LogP contribution in [-0.2, 0) is 0 Å². The van der Waals surface area contributed by atoms with Gasteiger partial charge in [-0.1, -0.05) is 64.5 Å². The standard InChI is InChI=1S/C22H17BrN4O/c1-14(17-7-6-15-4-2-3-5-18(15)12-17)24-27-22(28)21-13-20(25-26-21)16-8-10-19(23)11-9-16/h2-13H,1H3,(H,25,26)(H,27,28)/b24-14-. The molecular formula is C22H17BrN4O. The molecule has 3 aromatic carbocycles. The molecule has 1 aromatic heterocycles. The first-order valence-corrected chi connectivity index (χ1v) is 9.54. The van der Waals surface area contributed by atoms with Crippen LogP contribution in [-0.4, -0.2) is 21.8 Å². The van der Waals surface area contributed by atoms with Crippen LogP contribution in [0.25, 0.3) is 22.0 Å². The van der Waals surface area contributed by atoms with E-state index in [1.807, 2.05) is 55.5 Å². The maximum Gasteiger partial charge on any atom is 0.289 e. The first kappa shape index (κ1) is 18.1. The topological polar surface area (TPSA) is 70.1 Å². The molecule has 0 saturated carbocycles. The lowest BCUT2D eigenvalue weighted by atomic mass is 10.0. The molecule has 0 aliphatic rings. The number of hydrogen-bond donors (Lipinski definition) is 2. The summed E-state index contributed by atoms with van der Waals surface area (Å²) in [5.41, 5.74) is 6.26. The van der Waals surface area contributed by atoms with Crippen molar-refractivity contribution in [1.82, 2.24) is 15.6 Å². The molecule has 0 fully saturated rings. The van der Waals surface area contributed by atoms with Gasteiger partial charge in [-0.15, -0.1) is 0 Å². The number of carbonyl (C=O) groups excluding carboxylic acids is 1. The van der Waals surface area contributed by atoms with Gasteiger partial charge in [-0.25, -0.2) is 5.43 Å². The molecule has 1 heterocycles. The smallest absolute Gasteiger partial charge is 0.272 e. The Morgan fingerprint density at radius 2 is 1.75 bits per heavy atom. The molecule has 138 valence electrons. The van der Waals surface area contributed by atoms with Crippen molar-refractivity contribution < 1.29 is 4.79 Å². The van der Waals surface area contributed by atoms with Crippen molar-refractivity contribution in [1.29, 1.82) is 0 Å². The minimum atomic E-state index is -0.337. The average Bonchev–Trinajstić information content (AvgIpc) is 3.22. The SMILES string of the molecule is C/C(=N/NC(=O)c1cc(-c2ccc(Br)cc2)n[nH]1)c1ccc2ccccc2c1. The van der Waals surface area contributed by atoms with Gasteiger partial charge in [0.15, 0.2) is 0 Å². The highest BCUT2D eigenvalue weighted by atomic mass is 79.9. The number of rotatable bonds is 4.